The van der Waals surface area contributed by atoms with Crippen LogP contribution in [0.25, 0.3) is 0 Å². The van der Waals surface area contributed by atoms with E-state index in [1.807, 2.05) is 0 Å². The summed E-state index contributed by atoms with van der Waals surface area (Å²) in [6.07, 6.45) is 0. The van der Waals surface area contributed by atoms with E-state index in [4.69, 9.17) is 4.74 Å². The van der Waals surface area contributed by atoms with E-state index < -0.39 is 39.0 Å². The first-order valence-corrected chi connectivity index (χ1v) is 9.10. The molecule has 0 heterocycles. The zero-order chi connectivity index (χ0) is 19.3. The van der Waals surface area contributed by atoms with Gasteiger partial charge in [0.15, 0.2) is 0 Å². The lowest BCUT2D eigenvalue weighted by Crippen LogP contribution is -2.37. The third-order valence-corrected chi connectivity index (χ3v) is 5.42. The van der Waals surface area contributed by atoms with Gasteiger partial charge in [-0.15, -0.1) is 0 Å². The second kappa shape index (κ2) is 8.24. The van der Waals surface area contributed by atoms with E-state index in [-0.39, 0.29) is 6.54 Å². The Bertz CT molecular complexity index is 866. The van der Waals surface area contributed by atoms with Crippen molar-refractivity contribution in [1.29, 1.82) is 0 Å². The minimum atomic E-state index is -4.22. The van der Waals surface area contributed by atoms with Crippen molar-refractivity contribution in [2.24, 2.45) is 0 Å². The fraction of sp³-hybridized carbons (Fsp3) is 0.235. The first-order valence-electron chi connectivity index (χ1n) is 7.66. The van der Waals surface area contributed by atoms with Gasteiger partial charge in [0.05, 0.1) is 18.6 Å². The molecule has 1 N–H and O–H groups in total. The highest BCUT2D eigenvalue weighted by Crippen LogP contribution is 2.19. The molecule has 0 spiro atoms. The monoisotopic (exact) mass is 384 g/mol. The normalized spacial score (nSPS) is 11.4. The van der Waals surface area contributed by atoms with Crippen molar-refractivity contribution in [2.75, 3.05) is 25.5 Å². The van der Waals surface area contributed by atoms with Gasteiger partial charge in [-0.2, -0.15) is 4.31 Å². The molecule has 0 aliphatic rings. The van der Waals surface area contributed by atoms with E-state index in [9.17, 15) is 22.0 Å². The number of hydrogen-bond acceptors (Lipinski definition) is 4. The molecule has 9 heteroatoms. The molecule has 0 atom stereocenters. The number of ether oxygens (including phenoxy) is 1. The standard InChI is InChI=1S/C17H18F2N2O4S/c1-3-21(26(23,24)16-9-12(18)8-13(19)10-16)11-17(22)20-14-4-6-15(25-2)7-5-14/h4-10H,3,11H2,1-2H3,(H,20,22). The van der Waals surface area contributed by atoms with Gasteiger partial charge in [-0.3, -0.25) is 4.79 Å². The van der Waals surface area contributed by atoms with Gasteiger partial charge in [-0.05, 0) is 36.4 Å². The van der Waals surface area contributed by atoms with E-state index in [2.05, 4.69) is 5.32 Å². The zero-order valence-corrected chi connectivity index (χ0v) is 15.0. The minimum absolute atomic E-state index is 0.0451. The molecule has 0 aliphatic carbocycles. The summed E-state index contributed by atoms with van der Waals surface area (Å²) < 4.78 is 57.6. The molecule has 0 aliphatic heterocycles. The zero-order valence-electron chi connectivity index (χ0n) is 14.2. The molecule has 2 aromatic rings. The topological polar surface area (TPSA) is 75.7 Å². The number of halogens is 2. The molecule has 1 amide bonds. The number of methoxy groups -OCH3 is 1. The highest BCUT2D eigenvalue weighted by atomic mass is 32.2. The van der Waals surface area contributed by atoms with Gasteiger partial charge in [0.25, 0.3) is 0 Å². The summed E-state index contributed by atoms with van der Waals surface area (Å²) in [6, 6.07) is 8.47. The minimum Gasteiger partial charge on any atom is -0.497 e. The van der Waals surface area contributed by atoms with Gasteiger partial charge < -0.3 is 10.1 Å². The van der Waals surface area contributed by atoms with E-state index in [0.29, 0.717) is 29.6 Å². The lowest BCUT2D eigenvalue weighted by Gasteiger charge is -2.20. The first kappa shape index (κ1) is 19.8. The van der Waals surface area contributed by atoms with E-state index >= 15 is 0 Å². The van der Waals surface area contributed by atoms with Crippen LogP contribution in [0.1, 0.15) is 6.92 Å². The summed E-state index contributed by atoms with van der Waals surface area (Å²) in [5.74, 6) is -2.00. The molecule has 26 heavy (non-hydrogen) atoms. The summed E-state index contributed by atoms with van der Waals surface area (Å²) >= 11 is 0. The van der Waals surface area contributed by atoms with Crippen LogP contribution in [0.4, 0.5) is 14.5 Å². The number of carbonyl (C=O) groups excluding carboxylic acids is 1. The SMILES string of the molecule is CCN(CC(=O)Nc1ccc(OC)cc1)S(=O)(=O)c1cc(F)cc(F)c1. The maximum absolute atomic E-state index is 13.3. The van der Waals surface area contributed by atoms with Crippen LogP contribution in [0, 0.1) is 11.6 Å². The van der Waals surface area contributed by atoms with Crippen molar-refractivity contribution >= 4 is 21.6 Å². The number of rotatable bonds is 7. The number of anilines is 1. The lowest BCUT2D eigenvalue weighted by atomic mass is 10.3. The highest BCUT2D eigenvalue weighted by Gasteiger charge is 2.26. The van der Waals surface area contributed by atoms with Crippen molar-refractivity contribution in [3.8, 4) is 5.75 Å². The summed E-state index contributed by atoms with van der Waals surface area (Å²) in [4.78, 5) is 11.6. The fourth-order valence-electron chi connectivity index (χ4n) is 2.23. The van der Waals surface area contributed by atoms with Gasteiger partial charge in [-0.25, -0.2) is 17.2 Å². The van der Waals surface area contributed by atoms with Gasteiger partial charge >= 0.3 is 0 Å². The lowest BCUT2D eigenvalue weighted by molar-refractivity contribution is -0.116. The van der Waals surface area contributed by atoms with Gasteiger partial charge in [0.1, 0.15) is 17.4 Å². The molecule has 0 saturated heterocycles. The molecule has 6 nitrogen and oxygen atoms in total. The van der Waals surface area contributed by atoms with E-state index in [1.165, 1.54) is 14.0 Å². The molecule has 140 valence electrons. The molecule has 0 saturated carbocycles. The van der Waals surface area contributed by atoms with Gasteiger partial charge in [0.2, 0.25) is 15.9 Å². The van der Waals surface area contributed by atoms with E-state index in [1.54, 1.807) is 24.3 Å². The van der Waals surface area contributed by atoms with Crippen molar-refractivity contribution < 1.29 is 26.7 Å². The Morgan fingerprint density at radius 2 is 1.69 bits per heavy atom. The summed E-state index contributed by atoms with van der Waals surface area (Å²) in [5, 5.41) is 2.56. The third kappa shape index (κ3) is 4.77. The maximum atomic E-state index is 13.3. The van der Waals surface area contributed by atoms with Crippen LogP contribution >= 0.6 is 0 Å². The predicted molar refractivity (Wildman–Crippen MR) is 92.4 cm³/mol. The molecule has 2 rings (SSSR count). The number of amides is 1. The smallest absolute Gasteiger partial charge is 0.243 e. The molecule has 0 unspecified atom stereocenters. The number of likely N-dealkylation sites (N-methyl/N-ethyl adjacent to an activating group) is 1. The Balaban J connectivity index is 2.15. The van der Waals surface area contributed by atoms with Crippen molar-refractivity contribution in [3.05, 3.63) is 54.1 Å². The second-order valence-electron chi connectivity index (χ2n) is 5.31. The van der Waals surface area contributed by atoms with Gasteiger partial charge in [0, 0.05) is 18.3 Å². The molecule has 0 aromatic heterocycles. The number of nitrogens with zero attached hydrogens (tertiary/aromatic N) is 1. The molecule has 0 bridgehead atoms. The number of nitrogens with one attached hydrogen (secondary N) is 1. The van der Waals surface area contributed by atoms with E-state index in [0.717, 1.165) is 4.31 Å². The Morgan fingerprint density at radius 3 is 2.19 bits per heavy atom. The van der Waals surface area contributed by atoms with Crippen molar-refractivity contribution in [2.45, 2.75) is 11.8 Å². The average molecular weight is 384 g/mol. The molecular formula is C17H18F2N2O4S. The largest absolute Gasteiger partial charge is 0.497 e. The number of benzene rings is 2. The van der Waals surface area contributed by atoms with Crippen LogP contribution in [0.15, 0.2) is 47.4 Å². The first-order chi connectivity index (χ1) is 12.3. The van der Waals surface area contributed by atoms with Gasteiger partial charge in [-0.1, -0.05) is 6.92 Å². The Morgan fingerprint density at radius 1 is 1.12 bits per heavy atom. The molecule has 0 fully saturated rings. The Hall–Kier alpha value is -2.52. The van der Waals surface area contributed by atoms with Crippen LogP contribution in [-0.4, -0.2) is 38.8 Å². The van der Waals surface area contributed by atoms with Crippen LogP contribution < -0.4 is 10.1 Å². The summed E-state index contributed by atoms with van der Waals surface area (Å²) in [7, 11) is -2.71. The maximum Gasteiger partial charge on any atom is 0.243 e. The summed E-state index contributed by atoms with van der Waals surface area (Å²) in [6.45, 7) is 0.980. The average Bonchev–Trinajstić information content (AvgIpc) is 2.59. The summed E-state index contributed by atoms with van der Waals surface area (Å²) in [5.41, 5.74) is 0.459. The number of carbonyl (C=O) groups is 1. The van der Waals surface area contributed by atoms with Crippen LogP contribution in [-0.2, 0) is 14.8 Å². The second-order valence-corrected chi connectivity index (χ2v) is 7.25. The molecule has 0 radical (unpaired) electrons. The highest BCUT2D eigenvalue weighted by molar-refractivity contribution is 7.89. The van der Waals surface area contributed by atoms with Crippen LogP contribution in [0.3, 0.4) is 0 Å². The molecule has 2 aromatic carbocycles. The predicted octanol–water partition coefficient (Wildman–Crippen LogP) is 2.62. The van der Waals surface area contributed by atoms with Crippen molar-refractivity contribution in [1.82, 2.24) is 4.31 Å². The van der Waals surface area contributed by atoms with Crippen molar-refractivity contribution in [3.63, 3.8) is 0 Å². The number of hydrogen-bond donors (Lipinski definition) is 1. The fourth-order valence-corrected chi connectivity index (χ4v) is 3.68. The number of sulfonamides is 1. The third-order valence-electron chi connectivity index (χ3n) is 3.52. The quantitative estimate of drug-likeness (QED) is 0.796. The van der Waals surface area contributed by atoms with Crippen LogP contribution in [0.5, 0.6) is 5.75 Å². The Labute approximate surface area is 150 Å². The Kier molecular flexibility index (Phi) is 6.27. The molecular weight excluding hydrogens is 366 g/mol. The van der Waals surface area contributed by atoms with Crippen LogP contribution in [0.2, 0.25) is 0 Å².